The number of benzene rings is 2. The Balaban J connectivity index is 1.84. The summed E-state index contributed by atoms with van der Waals surface area (Å²) in [6.07, 6.45) is 2.39. The first-order valence-corrected chi connectivity index (χ1v) is 7.42. The molecule has 0 spiro atoms. The van der Waals surface area contributed by atoms with Crippen LogP contribution in [0, 0.1) is 19.7 Å². The van der Waals surface area contributed by atoms with Gasteiger partial charge >= 0.3 is 5.97 Å². The van der Waals surface area contributed by atoms with Crippen molar-refractivity contribution in [1.29, 1.82) is 0 Å². The molecule has 0 radical (unpaired) electrons. The van der Waals surface area contributed by atoms with E-state index in [1.807, 2.05) is 26.0 Å². The van der Waals surface area contributed by atoms with Crippen LogP contribution in [0.4, 0.5) is 10.1 Å². The van der Waals surface area contributed by atoms with E-state index < -0.39 is 24.3 Å². The monoisotopic (exact) mass is 327 g/mol. The van der Waals surface area contributed by atoms with E-state index in [1.165, 1.54) is 18.2 Å². The fraction of sp³-hybridized carbons (Fsp3) is 0.158. The van der Waals surface area contributed by atoms with Gasteiger partial charge in [0, 0.05) is 17.3 Å². The highest BCUT2D eigenvalue weighted by molar-refractivity contribution is 5.94. The van der Waals surface area contributed by atoms with Crippen LogP contribution in [-0.4, -0.2) is 18.5 Å². The first kappa shape index (κ1) is 17.4. The van der Waals surface area contributed by atoms with Crippen molar-refractivity contribution in [2.24, 2.45) is 0 Å². The second-order valence-corrected chi connectivity index (χ2v) is 5.31. The first-order chi connectivity index (χ1) is 11.5. The van der Waals surface area contributed by atoms with Crippen molar-refractivity contribution in [2.45, 2.75) is 13.8 Å². The molecule has 5 heteroatoms. The van der Waals surface area contributed by atoms with Gasteiger partial charge in [-0.3, -0.25) is 4.79 Å². The van der Waals surface area contributed by atoms with E-state index in [0.717, 1.165) is 17.2 Å². The smallest absolute Gasteiger partial charge is 0.331 e. The summed E-state index contributed by atoms with van der Waals surface area (Å²) in [5.41, 5.74) is 3.09. The van der Waals surface area contributed by atoms with Crippen LogP contribution in [0.2, 0.25) is 0 Å². The molecule has 2 aromatic rings. The second-order valence-electron chi connectivity index (χ2n) is 5.31. The number of ether oxygens (including phenoxy) is 1. The molecule has 24 heavy (non-hydrogen) atoms. The summed E-state index contributed by atoms with van der Waals surface area (Å²) in [7, 11) is 0. The van der Waals surface area contributed by atoms with Gasteiger partial charge in [0.2, 0.25) is 0 Å². The van der Waals surface area contributed by atoms with E-state index in [9.17, 15) is 14.0 Å². The molecule has 0 atom stereocenters. The highest BCUT2D eigenvalue weighted by atomic mass is 19.1. The van der Waals surface area contributed by atoms with Gasteiger partial charge < -0.3 is 10.1 Å². The Morgan fingerprint density at radius 3 is 2.58 bits per heavy atom. The van der Waals surface area contributed by atoms with Gasteiger partial charge in [-0.05, 0) is 49.2 Å². The molecule has 0 bridgehead atoms. The summed E-state index contributed by atoms with van der Waals surface area (Å²) in [4.78, 5) is 23.3. The van der Waals surface area contributed by atoms with Crippen molar-refractivity contribution < 1.29 is 18.7 Å². The Hall–Kier alpha value is -2.95. The van der Waals surface area contributed by atoms with Crippen LogP contribution in [0.5, 0.6) is 0 Å². The SMILES string of the molecule is Cc1ccc(NC(=O)COC(=O)/C=C/c2ccccc2F)cc1C. The zero-order chi connectivity index (χ0) is 17.5. The van der Waals surface area contributed by atoms with Crippen molar-refractivity contribution in [1.82, 2.24) is 0 Å². The lowest BCUT2D eigenvalue weighted by molar-refractivity contribution is -0.142. The number of carbonyl (C=O) groups excluding carboxylic acids is 2. The largest absolute Gasteiger partial charge is 0.452 e. The molecular formula is C19H18FNO3. The molecule has 0 aliphatic rings. The van der Waals surface area contributed by atoms with Gasteiger partial charge in [0.05, 0.1) is 0 Å². The predicted octanol–water partition coefficient (Wildman–Crippen LogP) is 3.64. The molecule has 2 aromatic carbocycles. The molecule has 0 saturated carbocycles. The lowest BCUT2D eigenvalue weighted by atomic mass is 10.1. The molecular weight excluding hydrogens is 309 g/mol. The zero-order valence-corrected chi connectivity index (χ0v) is 13.5. The fourth-order valence-electron chi connectivity index (χ4n) is 1.97. The Labute approximate surface area is 140 Å². The van der Waals surface area contributed by atoms with E-state index in [0.29, 0.717) is 5.69 Å². The molecule has 124 valence electrons. The second kappa shape index (κ2) is 8.06. The van der Waals surface area contributed by atoms with Crippen LogP contribution in [0.1, 0.15) is 16.7 Å². The number of esters is 1. The third kappa shape index (κ3) is 5.05. The number of rotatable bonds is 5. The average Bonchev–Trinajstić information content (AvgIpc) is 2.55. The van der Waals surface area contributed by atoms with Gasteiger partial charge in [-0.2, -0.15) is 0 Å². The molecule has 2 rings (SSSR count). The molecule has 0 saturated heterocycles. The molecule has 0 aliphatic heterocycles. The van der Waals surface area contributed by atoms with Gasteiger partial charge in [-0.25, -0.2) is 9.18 Å². The minimum absolute atomic E-state index is 0.272. The summed E-state index contributed by atoms with van der Waals surface area (Å²) in [6, 6.07) is 11.6. The zero-order valence-electron chi connectivity index (χ0n) is 13.5. The summed E-state index contributed by atoms with van der Waals surface area (Å²) >= 11 is 0. The van der Waals surface area contributed by atoms with Gasteiger partial charge in [-0.1, -0.05) is 24.3 Å². The molecule has 0 unspecified atom stereocenters. The lowest BCUT2D eigenvalue weighted by Crippen LogP contribution is -2.20. The number of aryl methyl sites for hydroxylation is 2. The van der Waals surface area contributed by atoms with E-state index in [2.05, 4.69) is 5.32 Å². The maximum atomic E-state index is 13.4. The van der Waals surface area contributed by atoms with Gasteiger partial charge in [0.25, 0.3) is 5.91 Å². The maximum Gasteiger partial charge on any atom is 0.331 e. The molecule has 0 aliphatic carbocycles. The number of nitrogens with one attached hydrogen (secondary N) is 1. The van der Waals surface area contributed by atoms with E-state index in [4.69, 9.17) is 4.74 Å². The summed E-state index contributed by atoms with van der Waals surface area (Å²) in [5.74, 6) is -1.59. The number of hydrogen-bond donors (Lipinski definition) is 1. The summed E-state index contributed by atoms with van der Waals surface area (Å²) in [6.45, 7) is 3.51. The molecule has 1 N–H and O–H groups in total. The van der Waals surface area contributed by atoms with E-state index in [-0.39, 0.29) is 5.56 Å². The minimum Gasteiger partial charge on any atom is -0.452 e. The Bertz CT molecular complexity index is 784. The number of hydrogen-bond acceptors (Lipinski definition) is 3. The van der Waals surface area contributed by atoms with Gasteiger partial charge in [-0.15, -0.1) is 0 Å². The van der Waals surface area contributed by atoms with Crippen LogP contribution in [0.25, 0.3) is 6.08 Å². The van der Waals surface area contributed by atoms with Crippen molar-refractivity contribution in [3.8, 4) is 0 Å². The Morgan fingerprint density at radius 1 is 1.12 bits per heavy atom. The molecule has 4 nitrogen and oxygen atoms in total. The highest BCUT2D eigenvalue weighted by Crippen LogP contribution is 2.14. The van der Waals surface area contributed by atoms with Crippen molar-refractivity contribution >= 4 is 23.6 Å². The van der Waals surface area contributed by atoms with Crippen molar-refractivity contribution in [3.63, 3.8) is 0 Å². The van der Waals surface area contributed by atoms with Crippen LogP contribution in [0.15, 0.2) is 48.5 Å². The number of amides is 1. The van der Waals surface area contributed by atoms with E-state index >= 15 is 0 Å². The Kier molecular flexibility index (Phi) is 5.84. The molecule has 0 fully saturated rings. The Morgan fingerprint density at radius 2 is 1.88 bits per heavy atom. The fourth-order valence-corrected chi connectivity index (χ4v) is 1.97. The molecule has 1 amide bonds. The van der Waals surface area contributed by atoms with Crippen LogP contribution < -0.4 is 5.32 Å². The normalized spacial score (nSPS) is 10.6. The van der Waals surface area contributed by atoms with Crippen LogP contribution in [0.3, 0.4) is 0 Å². The minimum atomic E-state index is -0.714. The summed E-state index contributed by atoms with van der Waals surface area (Å²) < 4.78 is 18.2. The van der Waals surface area contributed by atoms with Gasteiger partial charge in [0.15, 0.2) is 6.61 Å². The molecule has 0 heterocycles. The number of halogens is 1. The third-order valence-electron chi connectivity index (χ3n) is 3.44. The van der Waals surface area contributed by atoms with Crippen molar-refractivity contribution in [3.05, 3.63) is 71.0 Å². The summed E-state index contributed by atoms with van der Waals surface area (Å²) in [5, 5.41) is 2.65. The van der Waals surface area contributed by atoms with E-state index in [1.54, 1.807) is 18.2 Å². The van der Waals surface area contributed by atoms with Crippen LogP contribution in [-0.2, 0) is 14.3 Å². The molecule has 0 aromatic heterocycles. The number of anilines is 1. The van der Waals surface area contributed by atoms with Crippen LogP contribution >= 0.6 is 0 Å². The first-order valence-electron chi connectivity index (χ1n) is 7.42. The average molecular weight is 327 g/mol. The number of carbonyl (C=O) groups is 2. The predicted molar refractivity (Wildman–Crippen MR) is 90.9 cm³/mol. The third-order valence-corrected chi connectivity index (χ3v) is 3.44. The topological polar surface area (TPSA) is 55.4 Å². The maximum absolute atomic E-state index is 13.4. The lowest BCUT2D eigenvalue weighted by Gasteiger charge is -2.07. The quantitative estimate of drug-likeness (QED) is 0.674. The highest BCUT2D eigenvalue weighted by Gasteiger charge is 2.06. The van der Waals surface area contributed by atoms with Crippen molar-refractivity contribution in [2.75, 3.05) is 11.9 Å². The van der Waals surface area contributed by atoms with Gasteiger partial charge in [0.1, 0.15) is 5.82 Å². The standard InChI is InChI=1S/C19H18FNO3/c1-13-7-9-16(11-14(13)2)21-18(22)12-24-19(23)10-8-15-5-3-4-6-17(15)20/h3-11H,12H2,1-2H3,(H,21,22)/b10-8+.